The summed E-state index contributed by atoms with van der Waals surface area (Å²) in [5, 5.41) is 14.1. The van der Waals surface area contributed by atoms with Crippen molar-refractivity contribution >= 4 is 23.1 Å². The normalized spacial score (nSPS) is 20.5. The number of fused-ring (bicyclic) bond motifs is 1. The number of nitro groups is 1. The predicted molar refractivity (Wildman–Crippen MR) is 116 cm³/mol. The molecule has 1 N–H and O–H groups in total. The first-order valence-corrected chi connectivity index (χ1v) is 10.2. The van der Waals surface area contributed by atoms with Crippen LogP contribution < -0.4 is 5.32 Å². The molecule has 0 aromatic heterocycles. The lowest BCUT2D eigenvalue weighted by Crippen LogP contribution is -2.38. The highest BCUT2D eigenvalue weighted by atomic mass is 16.6. The molecular weight excluding hydrogens is 392 g/mol. The molecule has 3 aromatic rings. The lowest BCUT2D eigenvalue weighted by atomic mass is 9.59. The van der Waals surface area contributed by atoms with Gasteiger partial charge in [-0.25, -0.2) is 0 Å². The van der Waals surface area contributed by atoms with Gasteiger partial charge in [-0.2, -0.15) is 0 Å². The number of carbonyl (C=O) groups is 2. The maximum Gasteiger partial charge on any atom is 0.280 e. The third-order valence-corrected chi connectivity index (χ3v) is 6.48. The van der Waals surface area contributed by atoms with E-state index < -0.39 is 10.7 Å². The molecule has 1 unspecified atom stereocenters. The van der Waals surface area contributed by atoms with Gasteiger partial charge in [0.15, 0.2) is 5.78 Å². The van der Waals surface area contributed by atoms with Crippen molar-refractivity contribution in [1.82, 2.24) is 0 Å². The number of nitrogens with one attached hydrogen (secondary N) is 1. The highest BCUT2D eigenvalue weighted by Crippen LogP contribution is 2.55. The molecule has 0 fully saturated rings. The molecule has 0 heterocycles. The zero-order valence-corrected chi connectivity index (χ0v) is 16.9. The zero-order valence-electron chi connectivity index (χ0n) is 16.9. The molecule has 1 atom stereocenters. The minimum Gasteiger partial charge on any atom is -0.326 e. The van der Waals surface area contributed by atoms with Crippen molar-refractivity contribution in [3.8, 4) is 0 Å². The van der Waals surface area contributed by atoms with Crippen molar-refractivity contribution in [2.45, 2.75) is 25.2 Å². The van der Waals surface area contributed by atoms with Crippen LogP contribution in [0.5, 0.6) is 0 Å². The molecule has 0 saturated heterocycles. The summed E-state index contributed by atoms with van der Waals surface area (Å²) in [4.78, 5) is 35.8. The van der Waals surface area contributed by atoms with Crippen LogP contribution in [0.2, 0.25) is 0 Å². The molecule has 0 radical (unpaired) electrons. The van der Waals surface area contributed by atoms with Gasteiger partial charge in [-0.15, -0.1) is 0 Å². The molecule has 154 valence electrons. The summed E-state index contributed by atoms with van der Waals surface area (Å²) in [5.41, 5.74) is 5.06. The SMILES string of the molecule is CC(=O)c1cc(NC(=O)C2CC3c4ccccc4C2c2ccccc23)ccc1[N+](=O)[O-]. The predicted octanol–water partition coefficient (Wildman–Crippen LogP) is 5.03. The summed E-state index contributed by atoms with van der Waals surface area (Å²) in [6.07, 6.45) is 0.705. The Kier molecular flexibility index (Phi) is 4.43. The molecular formula is C25H20N2O4. The second-order valence-corrected chi connectivity index (χ2v) is 8.16. The van der Waals surface area contributed by atoms with Gasteiger partial charge in [-0.1, -0.05) is 48.5 Å². The van der Waals surface area contributed by atoms with Crippen LogP contribution in [0.1, 0.15) is 57.8 Å². The smallest absolute Gasteiger partial charge is 0.280 e. The Morgan fingerprint density at radius 3 is 2.06 bits per heavy atom. The number of benzene rings is 3. The molecule has 0 aliphatic heterocycles. The summed E-state index contributed by atoms with van der Waals surface area (Å²) in [6, 6.07) is 20.7. The average molecular weight is 412 g/mol. The third-order valence-electron chi connectivity index (χ3n) is 6.48. The Bertz CT molecular complexity index is 1200. The van der Waals surface area contributed by atoms with Gasteiger partial charge in [0.05, 0.1) is 16.4 Å². The van der Waals surface area contributed by atoms with Crippen molar-refractivity contribution in [2.24, 2.45) is 5.92 Å². The van der Waals surface area contributed by atoms with Crippen LogP contribution >= 0.6 is 0 Å². The topological polar surface area (TPSA) is 89.3 Å². The summed E-state index contributed by atoms with van der Waals surface area (Å²) in [6.45, 7) is 1.28. The van der Waals surface area contributed by atoms with Crippen molar-refractivity contribution in [3.63, 3.8) is 0 Å². The van der Waals surface area contributed by atoms with Gasteiger partial charge in [0.25, 0.3) is 5.69 Å². The lowest BCUT2D eigenvalue weighted by molar-refractivity contribution is -0.385. The van der Waals surface area contributed by atoms with E-state index in [1.807, 2.05) is 24.3 Å². The first kappa shape index (κ1) is 19.2. The minimum absolute atomic E-state index is 0.0105. The number of carbonyl (C=O) groups excluding carboxylic acids is 2. The van der Waals surface area contributed by atoms with Crippen LogP contribution in [0, 0.1) is 16.0 Å². The largest absolute Gasteiger partial charge is 0.326 e. The van der Waals surface area contributed by atoms with Crippen molar-refractivity contribution in [1.29, 1.82) is 0 Å². The summed E-state index contributed by atoms with van der Waals surface area (Å²) >= 11 is 0. The molecule has 31 heavy (non-hydrogen) atoms. The lowest BCUT2D eigenvalue weighted by Gasteiger charge is -2.44. The number of ketones is 1. The van der Waals surface area contributed by atoms with Gasteiger partial charge < -0.3 is 5.32 Å². The molecule has 1 amide bonds. The van der Waals surface area contributed by atoms with Crippen molar-refractivity contribution < 1.29 is 14.5 Å². The quantitative estimate of drug-likeness (QED) is 0.370. The van der Waals surface area contributed by atoms with Crippen LogP contribution in [0.4, 0.5) is 11.4 Å². The minimum atomic E-state index is -0.587. The monoisotopic (exact) mass is 412 g/mol. The Morgan fingerprint density at radius 2 is 1.52 bits per heavy atom. The van der Waals surface area contributed by atoms with E-state index in [9.17, 15) is 19.7 Å². The van der Waals surface area contributed by atoms with Gasteiger partial charge in [0.2, 0.25) is 5.91 Å². The van der Waals surface area contributed by atoms with E-state index in [-0.39, 0.29) is 34.9 Å². The number of nitrogens with zero attached hydrogens (tertiary/aromatic N) is 1. The van der Waals surface area contributed by atoms with E-state index in [0.717, 1.165) is 0 Å². The average Bonchev–Trinajstić information content (AvgIpc) is 2.78. The highest BCUT2D eigenvalue weighted by molar-refractivity contribution is 6.01. The fraction of sp³-hybridized carbons (Fsp3) is 0.200. The first-order valence-electron chi connectivity index (χ1n) is 10.2. The maximum atomic E-state index is 13.3. The number of anilines is 1. The summed E-state index contributed by atoms with van der Waals surface area (Å²) in [7, 11) is 0. The van der Waals surface area contributed by atoms with E-state index in [0.29, 0.717) is 12.1 Å². The molecule has 6 rings (SSSR count). The Labute approximate surface area is 179 Å². The second-order valence-electron chi connectivity index (χ2n) is 8.16. The number of hydrogen-bond acceptors (Lipinski definition) is 4. The molecule has 0 saturated carbocycles. The second kappa shape index (κ2) is 7.16. The fourth-order valence-corrected chi connectivity index (χ4v) is 5.18. The fourth-order valence-electron chi connectivity index (χ4n) is 5.18. The number of Topliss-reactive ketones (excluding diaryl/α,β-unsaturated/α-hetero) is 1. The van der Waals surface area contributed by atoms with E-state index in [1.165, 1.54) is 47.4 Å². The zero-order chi connectivity index (χ0) is 21.7. The van der Waals surface area contributed by atoms with E-state index in [2.05, 4.69) is 29.6 Å². The van der Waals surface area contributed by atoms with Gasteiger partial charge in [0.1, 0.15) is 0 Å². The van der Waals surface area contributed by atoms with Gasteiger partial charge in [-0.3, -0.25) is 19.7 Å². The van der Waals surface area contributed by atoms with Crippen LogP contribution in [0.15, 0.2) is 66.7 Å². The van der Waals surface area contributed by atoms with Crippen LogP contribution in [-0.4, -0.2) is 16.6 Å². The molecule has 0 spiro atoms. The Morgan fingerprint density at radius 1 is 0.935 bits per heavy atom. The molecule has 2 bridgehead atoms. The van der Waals surface area contributed by atoms with Crippen LogP contribution in [0.3, 0.4) is 0 Å². The number of nitro benzene ring substituents is 1. The first-order chi connectivity index (χ1) is 15.0. The molecule has 3 aliphatic rings. The number of rotatable bonds is 4. The standard InChI is InChI=1S/C25H20N2O4/c1-14(28)20-12-15(10-11-23(20)27(30)31)26-25(29)22-13-21-16-6-2-4-8-18(16)24(22)19-9-5-3-7-17(19)21/h2-12,21-22,24H,13H2,1H3,(H,26,29). The Hall–Kier alpha value is -3.80. The van der Waals surface area contributed by atoms with Gasteiger partial charge >= 0.3 is 0 Å². The third kappa shape index (κ3) is 3.03. The maximum absolute atomic E-state index is 13.3. The summed E-state index contributed by atoms with van der Waals surface area (Å²) in [5.74, 6) is -0.684. The van der Waals surface area contributed by atoms with Crippen LogP contribution in [-0.2, 0) is 4.79 Å². The highest BCUT2D eigenvalue weighted by Gasteiger charge is 2.45. The van der Waals surface area contributed by atoms with E-state index >= 15 is 0 Å². The van der Waals surface area contributed by atoms with Gasteiger partial charge in [0, 0.05) is 23.6 Å². The number of hydrogen-bond donors (Lipinski definition) is 1. The van der Waals surface area contributed by atoms with Crippen LogP contribution in [0.25, 0.3) is 0 Å². The van der Waals surface area contributed by atoms with Crippen molar-refractivity contribution in [3.05, 3.63) is 105 Å². The molecule has 6 heteroatoms. The van der Waals surface area contributed by atoms with Crippen molar-refractivity contribution in [2.75, 3.05) is 5.32 Å². The molecule has 6 nitrogen and oxygen atoms in total. The van der Waals surface area contributed by atoms with Gasteiger partial charge in [-0.05, 0) is 47.7 Å². The van der Waals surface area contributed by atoms with E-state index in [1.54, 1.807) is 0 Å². The summed E-state index contributed by atoms with van der Waals surface area (Å²) < 4.78 is 0. The number of amides is 1. The van der Waals surface area contributed by atoms with E-state index in [4.69, 9.17) is 0 Å². The molecule has 3 aromatic carbocycles. The Balaban J connectivity index is 1.50. The molecule has 3 aliphatic carbocycles.